The van der Waals surface area contributed by atoms with E-state index < -0.39 is 0 Å². The van der Waals surface area contributed by atoms with Gasteiger partial charge in [-0.2, -0.15) is 0 Å². The van der Waals surface area contributed by atoms with Gasteiger partial charge in [0.25, 0.3) is 0 Å². The summed E-state index contributed by atoms with van der Waals surface area (Å²) >= 11 is 9.74. The van der Waals surface area contributed by atoms with Crippen molar-refractivity contribution in [2.75, 3.05) is 0 Å². The zero-order valence-electron chi connectivity index (χ0n) is 9.79. The number of aromatic nitrogens is 3. The van der Waals surface area contributed by atoms with Gasteiger partial charge < -0.3 is 0 Å². The second-order valence-electron chi connectivity index (χ2n) is 3.96. The fraction of sp³-hybridized carbons (Fsp3) is 0. The highest BCUT2D eigenvalue weighted by Crippen LogP contribution is 2.33. The highest BCUT2D eigenvalue weighted by molar-refractivity contribution is 9.10. The Morgan fingerprint density at radius 2 is 1.79 bits per heavy atom. The molecule has 5 heteroatoms. The maximum Gasteiger partial charge on any atom is 0.169 e. The van der Waals surface area contributed by atoms with Gasteiger partial charge >= 0.3 is 0 Å². The lowest BCUT2D eigenvalue weighted by Crippen LogP contribution is -1.96. The third kappa shape index (κ3) is 2.29. The van der Waals surface area contributed by atoms with Crippen LogP contribution in [-0.2, 0) is 0 Å². The van der Waals surface area contributed by atoms with Gasteiger partial charge in [0.2, 0.25) is 0 Å². The molecule has 0 aliphatic carbocycles. The number of hydrogen-bond donors (Lipinski definition) is 0. The fourth-order valence-corrected chi connectivity index (χ4v) is 2.45. The fourth-order valence-electron chi connectivity index (χ4n) is 1.87. The Morgan fingerprint density at radius 3 is 2.58 bits per heavy atom. The van der Waals surface area contributed by atoms with Gasteiger partial charge in [-0.15, -0.1) is 10.2 Å². The van der Waals surface area contributed by atoms with Crippen molar-refractivity contribution in [2.24, 2.45) is 0 Å². The molecule has 0 bridgehead atoms. The Kier molecular flexibility index (Phi) is 3.36. The Bertz CT molecular complexity index is 710. The van der Waals surface area contributed by atoms with E-state index in [0.29, 0.717) is 5.02 Å². The molecule has 0 radical (unpaired) electrons. The molecule has 0 atom stereocenters. The molecule has 2 aromatic carbocycles. The van der Waals surface area contributed by atoms with Crippen LogP contribution in [0.3, 0.4) is 0 Å². The number of rotatable bonds is 2. The summed E-state index contributed by atoms with van der Waals surface area (Å²) < 4.78 is 2.75. The van der Waals surface area contributed by atoms with Crippen molar-refractivity contribution in [3.05, 3.63) is 64.4 Å². The zero-order valence-corrected chi connectivity index (χ0v) is 12.1. The molecule has 0 aliphatic rings. The Balaban J connectivity index is 2.18. The second-order valence-corrected chi connectivity index (χ2v) is 5.19. The predicted octanol–water partition coefficient (Wildman–Crippen LogP) is 4.35. The van der Waals surface area contributed by atoms with Gasteiger partial charge in [0.05, 0.1) is 5.02 Å². The summed E-state index contributed by atoms with van der Waals surface area (Å²) in [6.07, 6.45) is 1.68. The SMILES string of the molecule is Clc1c(Br)cccc1-c1nncn1-c1ccccc1. The van der Waals surface area contributed by atoms with E-state index >= 15 is 0 Å². The molecule has 0 amide bonds. The summed E-state index contributed by atoms with van der Waals surface area (Å²) in [5.74, 6) is 0.720. The minimum atomic E-state index is 0.632. The molecule has 0 unspecified atom stereocenters. The van der Waals surface area contributed by atoms with E-state index in [0.717, 1.165) is 21.5 Å². The average molecular weight is 335 g/mol. The van der Waals surface area contributed by atoms with Crippen LogP contribution in [0.25, 0.3) is 17.1 Å². The number of nitrogens with zero attached hydrogens (tertiary/aromatic N) is 3. The van der Waals surface area contributed by atoms with Crippen molar-refractivity contribution < 1.29 is 0 Å². The Morgan fingerprint density at radius 1 is 1.00 bits per heavy atom. The molecule has 94 valence electrons. The van der Waals surface area contributed by atoms with Gasteiger partial charge in [0.1, 0.15) is 6.33 Å². The molecule has 3 nitrogen and oxygen atoms in total. The van der Waals surface area contributed by atoms with E-state index in [1.54, 1.807) is 6.33 Å². The minimum absolute atomic E-state index is 0.632. The van der Waals surface area contributed by atoms with E-state index in [1.165, 1.54) is 0 Å². The first-order valence-corrected chi connectivity index (χ1v) is 6.84. The third-order valence-electron chi connectivity index (χ3n) is 2.77. The first-order chi connectivity index (χ1) is 9.27. The number of benzene rings is 2. The van der Waals surface area contributed by atoms with Crippen LogP contribution in [0.2, 0.25) is 5.02 Å². The largest absolute Gasteiger partial charge is 0.282 e. The molecule has 0 aliphatic heterocycles. The van der Waals surface area contributed by atoms with Crippen LogP contribution in [0.5, 0.6) is 0 Å². The maximum atomic E-state index is 6.32. The van der Waals surface area contributed by atoms with Crippen LogP contribution >= 0.6 is 27.5 Å². The lowest BCUT2D eigenvalue weighted by atomic mass is 10.2. The molecule has 0 saturated carbocycles. The standard InChI is InChI=1S/C14H9BrClN3/c15-12-8-4-7-11(13(12)16)14-18-17-9-19(14)10-5-2-1-3-6-10/h1-9H. The van der Waals surface area contributed by atoms with Crippen molar-refractivity contribution in [1.29, 1.82) is 0 Å². The Hall–Kier alpha value is -1.65. The van der Waals surface area contributed by atoms with E-state index in [2.05, 4.69) is 26.1 Å². The highest BCUT2D eigenvalue weighted by atomic mass is 79.9. The molecule has 19 heavy (non-hydrogen) atoms. The van der Waals surface area contributed by atoms with Gasteiger partial charge in [-0.1, -0.05) is 35.9 Å². The van der Waals surface area contributed by atoms with Crippen LogP contribution < -0.4 is 0 Å². The molecule has 3 aromatic rings. The summed E-state index contributed by atoms with van der Waals surface area (Å²) in [7, 11) is 0. The van der Waals surface area contributed by atoms with Gasteiger partial charge in [0, 0.05) is 15.7 Å². The molecule has 1 aromatic heterocycles. The lowest BCUT2D eigenvalue weighted by molar-refractivity contribution is 1.06. The Labute approximate surface area is 124 Å². The molecular weight excluding hydrogens is 326 g/mol. The summed E-state index contributed by atoms with van der Waals surface area (Å²) in [5, 5.41) is 8.79. The van der Waals surface area contributed by atoms with Crippen LogP contribution in [0, 0.1) is 0 Å². The minimum Gasteiger partial charge on any atom is -0.282 e. The van der Waals surface area contributed by atoms with Crippen LogP contribution in [0.15, 0.2) is 59.3 Å². The normalized spacial score (nSPS) is 10.6. The quantitative estimate of drug-likeness (QED) is 0.697. The van der Waals surface area contributed by atoms with Crippen molar-refractivity contribution >= 4 is 27.5 Å². The van der Waals surface area contributed by atoms with Gasteiger partial charge in [-0.25, -0.2) is 0 Å². The summed E-state index contributed by atoms with van der Waals surface area (Å²) in [6, 6.07) is 15.7. The van der Waals surface area contributed by atoms with Crippen LogP contribution in [0.1, 0.15) is 0 Å². The van der Waals surface area contributed by atoms with Gasteiger partial charge in [-0.05, 0) is 40.2 Å². The molecule has 0 spiro atoms. The van der Waals surface area contributed by atoms with Crippen molar-refractivity contribution in [3.63, 3.8) is 0 Å². The predicted molar refractivity (Wildman–Crippen MR) is 79.5 cm³/mol. The second kappa shape index (κ2) is 5.15. The number of hydrogen-bond acceptors (Lipinski definition) is 2. The summed E-state index contributed by atoms with van der Waals surface area (Å²) in [5.41, 5.74) is 1.84. The first kappa shape index (κ1) is 12.4. The number of para-hydroxylation sites is 1. The monoisotopic (exact) mass is 333 g/mol. The molecule has 0 N–H and O–H groups in total. The first-order valence-electron chi connectivity index (χ1n) is 5.67. The van der Waals surface area contributed by atoms with Crippen molar-refractivity contribution in [1.82, 2.24) is 14.8 Å². The van der Waals surface area contributed by atoms with Gasteiger partial charge in [0.15, 0.2) is 5.82 Å². The number of halogens is 2. The average Bonchev–Trinajstić information content (AvgIpc) is 2.92. The topological polar surface area (TPSA) is 30.7 Å². The molecule has 1 heterocycles. The smallest absolute Gasteiger partial charge is 0.169 e. The molecule has 0 saturated heterocycles. The zero-order chi connectivity index (χ0) is 13.2. The molecule has 0 fully saturated rings. The molecular formula is C14H9BrClN3. The van der Waals surface area contributed by atoms with E-state index in [-0.39, 0.29) is 0 Å². The van der Waals surface area contributed by atoms with Crippen LogP contribution in [-0.4, -0.2) is 14.8 Å². The maximum absolute atomic E-state index is 6.32. The van der Waals surface area contributed by atoms with Gasteiger partial charge in [-0.3, -0.25) is 4.57 Å². The molecule has 3 rings (SSSR count). The van der Waals surface area contributed by atoms with E-state index in [1.807, 2.05) is 53.1 Å². The summed E-state index contributed by atoms with van der Waals surface area (Å²) in [4.78, 5) is 0. The van der Waals surface area contributed by atoms with Crippen LogP contribution in [0.4, 0.5) is 0 Å². The highest BCUT2D eigenvalue weighted by Gasteiger charge is 2.13. The van der Waals surface area contributed by atoms with E-state index in [9.17, 15) is 0 Å². The summed E-state index contributed by atoms with van der Waals surface area (Å²) in [6.45, 7) is 0. The van der Waals surface area contributed by atoms with Crippen molar-refractivity contribution in [3.8, 4) is 17.1 Å². The van der Waals surface area contributed by atoms with Crippen molar-refractivity contribution in [2.45, 2.75) is 0 Å². The third-order valence-corrected chi connectivity index (χ3v) is 4.07. The van der Waals surface area contributed by atoms with E-state index in [4.69, 9.17) is 11.6 Å². The lowest BCUT2D eigenvalue weighted by Gasteiger charge is -2.08.